The van der Waals surface area contributed by atoms with Gasteiger partial charge in [0.2, 0.25) is 6.79 Å². The third-order valence-corrected chi connectivity index (χ3v) is 2.57. The number of halogens is 2. The Kier molecular flexibility index (Phi) is 2.71. The number of ether oxygens (including phenoxy) is 2. The van der Waals surface area contributed by atoms with E-state index in [1.807, 2.05) is 0 Å². The Hall–Kier alpha value is -1.36. The molecule has 0 aliphatic carbocycles. The maximum atomic E-state index is 13.7. The van der Waals surface area contributed by atoms with Crippen LogP contribution in [0.25, 0.3) is 0 Å². The van der Waals surface area contributed by atoms with Crippen molar-refractivity contribution in [3.05, 3.63) is 23.3 Å². The molecule has 1 aliphatic heterocycles. The van der Waals surface area contributed by atoms with Crippen molar-refractivity contribution in [2.45, 2.75) is 19.3 Å². The minimum Gasteiger partial charge on any atom is -0.454 e. The molecule has 0 amide bonds. The quantitative estimate of drug-likeness (QED) is 0.863. The molecule has 0 aromatic heterocycles. The fraction of sp³-hybridized carbons (Fsp3) is 0.455. The molecular formula is C11H13F2NO2. The molecule has 0 radical (unpaired) electrons. The summed E-state index contributed by atoms with van der Waals surface area (Å²) in [6.45, 7) is 1.66. The van der Waals surface area contributed by atoms with Gasteiger partial charge in [-0.3, -0.25) is 0 Å². The van der Waals surface area contributed by atoms with Crippen molar-refractivity contribution in [1.82, 2.24) is 0 Å². The van der Waals surface area contributed by atoms with Crippen LogP contribution >= 0.6 is 0 Å². The van der Waals surface area contributed by atoms with E-state index in [9.17, 15) is 8.78 Å². The average Bonchev–Trinajstić information content (AvgIpc) is 2.63. The van der Waals surface area contributed by atoms with Gasteiger partial charge in [0, 0.05) is 12.0 Å². The normalized spacial score (nSPS) is 14.2. The summed E-state index contributed by atoms with van der Waals surface area (Å²) in [6.07, 6.45) is -0.368. The molecule has 0 saturated heterocycles. The summed E-state index contributed by atoms with van der Waals surface area (Å²) in [4.78, 5) is 0. The molecule has 0 unspecified atom stereocenters. The summed E-state index contributed by atoms with van der Waals surface area (Å²) in [7, 11) is 0. The zero-order valence-electron chi connectivity index (χ0n) is 8.93. The first-order valence-corrected chi connectivity index (χ1v) is 5.03. The fourth-order valence-electron chi connectivity index (χ4n) is 1.75. The molecule has 3 nitrogen and oxygen atoms in total. The maximum absolute atomic E-state index is 13.7. The second kappa shape index (κ2) is 3.90. The molecule has 2 N–H and O–H groups in total. The predicted molar refractivity (Wildman–Crippen MR) is 54.9 cm³/mol. The molecule has 5 heteroatoms. The molecule has 0 fully saturated rings. The molecule has 1 aromatic carbocycles. The highest BCUT2D eigenvalue weighted by Crippen LogP contribution is 2.41. The van der Waals surface area contributed by atoms with E-state index in [1.165, 1.54) is 6.07 Å². The van der Waals surface area contributed by atoms with E-state index >= 15 is 0 Å². The Morgan fingerprint density at radius 1 is 1.31 bits per heavy atom. The van der Waals surface area contributed by atoms with Crippen molar-refractivity contribution in [2.24, 2.45) is 5.73 Å². The van der Waals surface area contributed by atoms with Crippen LogP contribution in [0.5, 0.6) is 11.5 Å². The van der Waals surface area contributed by atoms with Gasteiger partial charge in [-0.25, -0.2) is 8.78 Å². The summed E-state index contributed by atoms with van der Waals surface area (Å²) in [5, 5.41) is 0. The zero-order chi connectivity index (χ0) is 11.8. The molecule has 2 rings (SSSR count). The highest BCUT2D eigenvalue weighted by atomic mass is 19.3. The standard InChI is InChI=1S/C11H13F2NO2/c1-7-4-9-10(16-6-15-9)5-8(7)11(12,13)2-3-14/h4-5H,2-3,6,14H2,1H3. The third-order valence-electron chi connectivity index (χ3n) is 2.57. The lowest BCUT2D eigenvalue weighted by Crippen LogP contribution is -2.19. The number of hydrogen-bond donors (Lipinski definition) is 1. The summed E-state index contributed by atoms with van der Waals surface area (Å²) >= 11 is 0. The second-order valence-corrected chi connectivity index (χ2v) is 3.76. The van der Waals surface area contributed by atoms with Crippen molar-refractivity contribution in [3.8, 4) is 11.5 Å². The number of alkyl halides is 2. The van der Waals surface area contributed by atoms with E-state index in [0.717, 1.165) is 0 Å². The van der Waals surface area contributed by atoms with Gasteiger partial charge in [0.25, 0.3) is 5.92 Å². The van der Waals surface area contributed by atoms with Gasteiger partial charge in [-0.1, -0.05) is 0 Å². The van der Waals surface area contributed by atoms with E-state index in [4.69, 9.17) is 15.2 Å². The molecule has 0 bridgehead atoms. The molecule has 1 aliphatic rings. The first-order chi connectivity index (χ1) is 7.54. The van der Waals surface area contributed by atoms with Crippen molar-refractivity contribution < 1.29 is 18.3 Å². The van der Waals surface area contributed by atoms with Crippen LogP contribution < -0.4 is 15.2 Å². The van der Waals surface area contributed by atoms with E-state index in [0.29, 0.717) is 17.1 Å². The average molecular weight is 229 g/mol. The molecule has 88 valence electrons. The SMILES string of the molecule is Cc1cc2c(cc1C(F)(F)CCN)OCO2. The number of fused-ring (bicyclic) bond motifs is 1. The van der Waals surface area contributed by atoms with Crippen LogP contribution in [0.3, 0.4) is 0 Å². The van der Waals surface area contributed by atoms with Crippen molar-refractivity contribution >= 4 is 0 Å². The molecule has 1 aromatic rings. The highest BCUT2D eigenvalue weighted by molar-refractivity contribution is 5.49. The monoisotopic (exact) mass is 229 g/mol. The molecule has 0 saturated carbocycles. The summed E-state index contributed by atoms with van der Waals surface area (Å²) in [5.41, 5.74) is 5.63. The molecule has 0 atom stereocenters. The Bertz CT molecular complexity index is 407. The molecule has 0 spiro atoms. The van der Waals surface area contributed by atoms with E-state index in [2.05, 4.69) is 0 Å². The van der Waals surface area contributed by atoms with E-state index < -0.39 is 5.92 Å². The topological polar surface area (TPSA) is 44.5 Å². The predicted octanol–water partition coefficient (Wildman–Crippen LogP) is 2.16. The fourth-order valence-corrected chi connectivity index (χ4v) is 1.75. The van der Waals surface area contributed by atoms with Crippen LogP contribution in [-0.2, 0) is 5.92 Å². The van der Waals surface area contributed by atoms with Gasteiger partial charge in [0.15, 0.2) is 11.5 Å². The van der Waals surface area contributed by atoms with Gasteiger partial charge in [-0.05, 0) is 31.2 Å². The van der Waals surface area contributed by atoms with Crippen LogP contribution in [0, 0.1) is 6.92 Å². The maximum Gasteiger partial charge on any atom is 0.274 e. The van der Waals surface area contributed by atoms with Crippen LogP contribution in [0.2, 0.25) is 0 Å². The van der Waals surface area contributed by atoms with Crippen LogP contribution in [0.15, 0.2) is 12.1 Å². The smallest absolute Gasteiger partial charge is 0.274 e. The van der Waals surface area contributed by atoms with Gasteiger partial charge >= 0.3 is 0 Å². The Balaban J connectivity index is 2.41. The second-order valence-electron chi connectivity index (χ2n) is 3.76. The van der Waals surface area contributed by atoms with Crippen molar-refractivity contribution in [3.63, 3.8) is 0 Å². The Morgan fingerprint density at radius 3 is 2.56 bits per heavy atom. The largest absolute Gasteiger partial charge is 0.454 e. The lowest BCUT2D eigenvalue weighted by atomic mass is 9.99. The number of hydrogen-bond acceptors (Lipinski definition) is 3. The van der Waals surface area contributed by atoms with E-state index in [1.54, 1.807) is 13.0 Å². The first kappa shape index (κ1) is 11.1. The summed E-state index contributed by atoms with van der Waals surface area (Å²) in [5.74, 6) is -2.03. The van der Waals surface area contributed by atoms with Gasteiger partial charge in [0.1, 0.15) is 0 Å². The number of rotatable bonds is 3. The van der Waals surface area contributed by atoms with Gasteiger partial charge in [-0.15, -0.1) is 0 Å². The summed E-state index contributed by atoms with van der Waals surface area (Å²) in [6, 6.07) is 2.91. The van der Waals surface area contributed by atoms with Crippen LogP contribution in [0.4, 0.5) is 8.78 Å². The zero-order valence-corrected chi connectivity index (χ0v) is 8.93. The van der Waals surface area contributed by atoms with Crippen molar-refractivity contribution in [2.75, 3.05) is 13.3 Å². The van der Waals surface area contributed by atoms with E-state index in [-0.39, 0.29) is 25.3 Å². The lowest BCUT2D eigenvalue weighted by molar-refractivity contribution is -0.0114. The molecule has 1 heterocycles. The number of benzene rings is 1. The van der Waals surface area contributed by atoms with Gasteiger partial charge < -0.3 is 15.2 Å². The third kappa shape index (κ3) is 1.82. The summed E-state index contributed by atoms with van der Waals surface area (Å²) < 4.78 is 37.6. The number of nitrogens with two attached hydrogens (primary N) is 1. The molecule has 16 heavy (non-hydrogen) atoms. The lowest BCUT2D eigenvalue weighted by Gasteiger charge is -2.18. The Labute approximate surface area is 92.1 Å². The van der Waals surface area contributed by atoms with Crippen LogP contribution in [-0.4, -0.2) is 13.3 Å². The highest BCUT2D eigenvalue weighted by Gasteiger charge is 2.34. The Morgan fingerprint density at radius 2 is 1.94 bits per heavy atom. The van der Waals surface area contributed by atoms with Gasteiger partial charge in [0.05, 0.1) is 0 Å². The minimum atomic E-state index is -2.92. The van der Waals surface area contributed by atoms with Crippen LogP contribution in [0.1, 0.15) is 17.5 Å². The number of aryl methyl sites for hydroxylation is 1. The van der Waals surface area contributed by atoms with Crippen molar-refractivity contribution in [1.29, 1.82) is 0 Å². The van der Waals surface area contributed by atoms with Gasteiger partial charge in [-0.2, -0.15) is 0 Å². The minimum absolute atomic E-state index is 0.0396. The molecular weight excluding hydrogens is 216 g/mol. The first-order valence-electron chi connectivity index (χ1n) is 5.03.